The Kier molecular flexibility index (Phi) is 1.13. The molecule has 2 N–H and O–H groups in total. The average Bonchev–Trinajstić information content (AvgIpc) is 1.97. The summed E-state index contributed by atoms with van der Waals surface area (Å²) in [5.41, 5.74) is 7.44. The molecule has 68 valence electrons. The Balaban J connectivity index is 1.95. The van der Waals surface area contributed by atoms with Gasteiger partial charge in [-0.15, -0.1) is 0 Å². The lowest BCUT2D eigenvalue weighted by Crippen LogP contribution is -2.74. The van der Waals surface area contributed by atoms with E-state index < -0.39 is 0 Å². The van der Waals surface area contributed by atoms with Gasteiger partial charge in [-0.3, -0.25) is 0 Å². The zero-order chi connectivity index (χ0) is 9.10. The average molecular weight is 177 g/mol. The number of hydrogen-bond acceptors (Lipinski definition) is 1. The fraction of sp³-hybridized carbons (Fsp3) is 0.455. The standard InChI is InChI=1S/C11H12FN/c12-9-3-1-2-8(4-9)10-5-11(13,6-10)7-10/h1-4H,5-7,13H2. The summed E-state index contributed by atoms with van der Waals surface area (Å²) in [6.07, 6.45) is 3.14. The Labute approximate surface area is 76.7 Å². The van der Waals surface area contributed by atoms with Crippen molar-refractivity contribution in [3.8, 4) is 0 Å². The van der Waals surface area contributed by atoms with Gasteiger partial charge < -0.3 is 5.73 Å². The second-order valence-electron chi connectivity index (χ2n) is 4.68. The van der Waals surface area contributed by atoms with E-state index >= 15 is 0 Å². The van der Waals surface area contributed by atoms with Gasteiger partial charge in [0.05, 0.1) is 0 Å². The molecule has 0 aromatic heterocycles. The molecule has 3 aliphatic rings. The number of halogens is 1. The SMILES string of the molecule is NC12CC(c3cccc(F)c3)(C1)C2. The van der Waals surface area contributed by atoms with Gasteiger partial charge in [-0.2, -0.15) is 0 Å². The van der Waals surface area contributed by atoms with Crippen molar-refractivity contribution in [2.75, 3.05) is 0 Å². The third-order valence-electron chi connectivity index (χ3n) is 3.51. The number of nitrogens with two attached hydrogens (primary N) is 1. The van der Waals surface area contributed by atoms with Gasteiger partial charge >= 0.3 is 0 Å². The van der Waals surface area contributed by atoms with Crippen LogP contribution in [0.3, 0.4) is 0 Å². The third kappa shape index (κ3) is 0.841. The fourth-order valence-corrected chi connectivity index (χ4v) is 2.99. The maximum Gasteiger partial charge on any atom is 0.123 e. The van der Waals surface area contributed by atoms with Crippen LogP contribution in [0.4, 0.5) is 4.39 Å². The van der Waals surface area contributed by atoms with Gasteiger partial charge in [-0.25, -0.2) is 4.39 Å². The lowest BCUT2D eigenvalue weighted by molar-refractivity contribution is -0.0591. The van der Waals surface area contributed by atoms with E-state index in [4.69, 9.17) is 5.73 Å². The summed E-state index contributed by atoms with van der Waals surface area (Å²) in [7, 11) is 0. The van der Waals surface area contributed by atoms with Crippen molar-refractivity contribution < 1.29 is 4.39 Å². The van der Waals surface area contributed by atoms with E-state index in [0.29, 0.717) is 0 Å². The molecule has 0 saturated heterocycles. The molecule has 0 heterocycles. The Morgan fingerprint density at radius 3 is 2.46 bits per heavy atom. The highest BCUT2D eigenvalue weighted by Gasteiger charge is 2.66. The van der Waals surface area contributed by atoms with Crippen molar-refractivity contribution in [3.05, 3.63) is 35.6 Å². The van der Waals surface area contributed by atoms with Crippen LogP contribution in [0.2, 0.25) is 0 Å². The molecule has 0 unspecified atom stereocenters. The molecule has 1 nitrogen and oxygen atoms in total. The molecule has 0 atom stereocenters. The molecule has 13 heavy (non-hydrogen) atoms. The summed E-state index contributed by atoms with van der Waals surface area (Å²) in [6, 6.07) is 6.95. The summed E-state index contributed by atoms with van der Waals surface area (Å²) in [6.45, 7) is 0. The zero-order valence-corrected chi connectivity index (χ0v) is 7.39. The Bertz CT molecular complexity index is 352. The van der Waals surface area contributed by atoms with Crippen molar-refractivity contribution >= 4 is 0 Å². The van der Waals surface area contributed by atoms with Crippen molar-refractivity contribution in [2.24, 2.45) is 5.73 Å². The summed E-state index contributed by atoms with van der Waals surface area (Å²) < 4.78 is 12.9. The monoisotopic (exact) mass is 177 g/mol. The molecule has 3 saturated carbocycles. The van der Waals surface area contributed by atoms with Crippen LogP contribution in [-0.2, 0) is 5.41 Å². The van der Waals surface area contributed by atoms with Gasteiger partial charge in [0, 0.05) is 11.0 Å². The first-order valence-electron chi connectivity index (χ1n) is 4.67. The van der Waals surface area contributed by atoms with E-state index in [9.17, 15) is 4.39 Å². The van der Waals surface area contributed by atoms with E-state index in [1.165, 1.54) is 6.07 Å². The smallest absolute Gasteiger partial charge is 0.123 e. The molecule has 3 aliphatic carbocycles. The topological polar surface area (TPSA) is 26.0 Å². The molecule has 2 bridgehead atoms. The predicted molar refractivity (Wildman–Crippen MR) is 48.8 cm³/mol. The predicted octanol–water partition coefficient (Wildman–Crippen LogP) is 1.96. The van der Waals surface area contributed by atoms with Crippen LogP contribution in [-0.4, -0.2) is 5.54 Å². The van der Waals surface area contributed by atoms with Gasteiger partial charge in [-0.05, 0) is 37.0 Å². The summed E-state index contributed by atoms with van der Waals surface area (Å²) in [5.74, 6) is -0.131. The van der Waals surface area contributed by atoms with Crippen LogP contribution in [0.1, 0.15) is 24.8 Å². The molecule has 4 rings (SSSR count). The normalized spacial score (nSPS) is 40.8. The van der Waals surface area contributed by atoms with Gasteiger partial charge in [0.25, 0.3) is 0 Å². The first kappa shape index (κ1) is 7.51. The lowest BCUT2D eigenvalue weighted by atomic mass is 9.38. The summed E-state index contributed by atoms with van der Waals surface area (Å²) >= 11 is 0. The maximum absolute atomic E-state index is 12.9. The van der Waals surface area contributed by atoms with E-state index in [1.54, 1.807) is 12.1 Å². The maximum atomic E-state index is 12.9. The number of benzene rings is 1. The number of hydrogen-bond donors (Lipinski definition) is 1. The molecule has 0 aliphatic heterocycles. The molecule has 0 radical (unpaired) electrons. The Morgan fingerprint density at radius 1 is 1.23 bits per heavy atom. The molecule has 2 heteroatoms. The third-order valence-corrected chi connectivity index (χ3v) is 3.51. The Hall–Kier alpha value is -0.890. The van der Waals surface area contributed by atoms with Crippen LogP contribution < -0.4 is 5.73 Å². The molecular weight excluding hydrogens is 165 g/mol. The van der Waals surface area contributed by atoms with Gasteiger partial charge in [0.15, 0.2) is 0 Å². The molecular formula is C11H12FN. The largest absolute Gasteiger partial charge is 0.325 e. The minimum Gasteiger partial charge on any atom is -0.325 e. The van der Waals surface area contributed by atoms with E-state index in [0.717, 1.165) is 24.8 Å². The minimum absolute atomic E-state index is 0.103. The second-order valence-corrected chi connectivity index (χ2v) is 4.68. The second kappa shape index (κ2) is 1.95. The first-order chi connectivity index (χ1) is 6.12. The van der Waals surface area contributed by atoms with Crippen LogP contribution in [0, 0.1) is 5.82 Å². The van der Waals surface area contributed by atoms with Crippen LogP contribution in [0.15, 0.2) is 24.3 Å². The van der Waals surface area contributed by atoms with Gasteiger partial charge in [-0.1, -0.05) is 12.1 Å². The highest BCUT2D eigenvalue weighted by molar-refractivity contribution is 5.41. The van der Waals surface area contributed by atoms with Crippen molar-refractivity contribution in [2.45, 2.75) is 30.2 Å². The van der Waals surface area contributed by atoms with E-state index in [2.05, 4.69) is 0 Å². The van der Waals surface area contributed by atoms with Crippen molar-refractivity contribution in [1.82, 2.24) is 0 Å². The van der Waals surface area contributed by atoms with Gasteiger partial charge in [0.2, 0.25) is 0 Å². The van der Waals surface area contributed by atoms with Crippen LogP contribution >= 0.6 is 0 Å². The van der Waals surface area contributed by atoms with E-state index in [-0.39, 0.29) is 16.8 Å². The molecule has 3 fully saturated rings. The van der Waals surface area contributed by atoms with E-state index in [1.807, 2.05) is 6.07 Å². The number of rotatable bonds is 1. The zero-order valence-electron chi connectivity index (χ0n) is 7.39. The molecule has 1 aromatic rings. The van der Waals surface area contributed by atoms with Crippen LogP contribution in [0.25, 0.3) is 0 Å². The van der Waals surface area contributed by atoms with Crippen molar-refractivity contribution in [3.63, 3.8) is 0 Å². The molecule has 1 aromatic carbocycles. The first-order valence-corrected chi connectivity index (χ1v) is 4.67. The molecule has 0 spiro atoms. The minimum atomic E-state index is -0.131. The summed E-state index contributed by atoms with van der Waals surface area (Å²) in [5, 5.41) is 0. The quantitative estimate of drug-likeness (QED) is 0.697. The van der Waals surface area contributed by atoms with Gasteiger partial charge in [0.1, 0.15) is 5.82 Å². The fourth-order valence-electron chi connectivity index (χ4n) is 2.99. The van der Waals surface area contributed by atoms with Crippen LogP contribution in [0.5, 0.6) is 0 Å². The lowest BCUT2D eigenvalue weighted by Gasteiger charge is -2.69. The molecule has 0 amide bonds. The van der Waals surface area contributed by atoms with Crippen molar-refractivity contribution in [1.29, 1.82) is 0 Å². The summed E-state index contributed by atoms with van der Waals surface area (Å²) in [4.78, 5) is 0. The highest BCUT2D eigenvalue weighted by Crippen LogP contribution is 2.66. The Morgan fingerprint density at radius 2 is 1.92 bits per heavy atom. The highest BCUT2D eigenvalue weighted by atomic mass is 19.1.